The van der Waals surface area contributed by atoms with Gasteiger partial charge in [0.05, 0.1) is 5.75 Å². The van der Waals surface area contributed by atoms with Gasteiger partial charge in [-0.25, -0.2) is 13.4 Å². The third kappa shape index (κ3) is 2.86. The molecule has 0 aliphatic heterocycles. The molecule has 22 heavy (non-hydrogen) atoms. The highest BCUT2D eigenvalue weighted by Gasteiger charge is 2.24. The van der Waals surface area contributed by atoms with Gasteiger partial charge in [0.1, 0.15) is 5.52 Å². The molecule has 6 nitrogen and oxygen atoms in total. The summed E-state index contributed by atoms with van der Waals surface area (Å²) in [7, 11) is -3.81. The first kappa shape index (κ1) is 14.7. The van der Waals surface area contributed by atoms with Crippen molar-refractivity contribution in [2.24, 2.45) is 0 Å². The van der Waals surface area contributed by atoms with E-state index in [1.807, 2.05) is 0 Å². The predicted molar refractivity (Wildman–Crippen MR) is 80.8 cm³/mol. The quantitative estimate of drug-likeness (QED) is 0.539. The molecule has 0 unspecified atom stereocenters. The maximum Gasteiger partial charge on any atom is 0.314 e. The van der Waals surface area contributed by atoms with Crippen LogP contribution < -0.4 is 4.85 Å². The average Bonchev–Trinajstić information content (AvgIpc) is 2.48. The van der Waals surface area contributed by atoms with Crippen molar-refractivity contribution in [3.8, 4) is 0 Å². The highest BCUT2D eigenvalue weighted by atomic mass is 35.5. The Labute approximate surface area is 131 Å². The van der Waals surface area contributed by atoms with Crippen LogP contribution in [0.5, 0.6) is 0 Å². The minimum atomic E-state index is -3.81. The maximum atomic E-state index is 12.4. The van der Waals surface area contributed by atoms with E-state index >= 15 is 0 Å². The summed E-state index contributed by atoms with van der Waals surface area (Å²) in [5.74, 6) is -0.271. The summed E-state index contributed by atoms with van der Waals surface area (Å²) >= 11 is 5.80. The lowest BCUT2D eigenvalue weighted by Gasteiger charge is -2.04. The zero-order valence-corrected chi connectivity index (χ0v) is 12.8. The van der Waals surface area contributed by atoms with Crippen LogP contribution in [-0.4, -0.2) is 18.5 Å². The van der Waals surface area contributed by atoms with Crippen LogP contribution in [-0.2, 0) is 15.6 Å². The summed E-state index contributed by atoms with van der Waals surface area (Å²) in [6, 6.07) is 13.0. The van der Waals surface area contributed by atoms with Crippen molar-refractivity contribution in [1.29, 1.82) is 0 Å². The summed E-state index contributed by atoms with van der Waals surface area (Å²) in [6.07, 6.45) is 0. The zero-order valence-electron chi connectivity index (χ0n) is 11.2. The van der Waals surface area contributed by atoms with E-state index in [4.69, 9.17) is 11.6 Å². The van der Waals surface area contributed by atoms with Crippen molar-refractivity contribution < 1.29 is 13.3 Å². The van der Waals surface area contributed by atoms with Gasteiger partial charge in [-0.1, -0.05) is 41.9 Å². The van der Waals surface area contributed by atoms with Gasteiger partial charge in [0.15, 0.2) is 0 Å². The van der Waals surface area contributed by atoms with Crippen LogP contribution in [0, 0.1) is 5.21 Å². The molecule has 2 aromatic carbocycles. The molecule has 0 fully saturated rings. The normalized spacial score (nSPS) is 11.7. The molecule has 112 valence electrons. The van der Waals surface area contributed by atoms with Gasteiger partial charge in [0, 0.05) is 16.2 Å². The molecule has 0 bridgehead atoms. The highest BCUT2D eigenvalue weighted by Crippen LogP contribution is 2.17. The lowest BCUT2D eigenvalue weighted by Crippen LogP contribution is -2.35. The van der Waals surface area contributed by atoms with E-state index in [1.54, 1.807) is 30.3 Å². The molecule has 1 heterocycles. The first-order valence-electron chi connectivity index (χ1n) is 6.29. The van der Waals surface area contributed by atoms with E-state index in [2.05, 4.69) is 10.1 Å². The second-order valence-corrected chi connectivity index (χ2v) is 6.96. The molecule has 0 atom stereocenters. The number of aromatic nitrogens is 3. The van der Waals surface area contributed by atoms with Gasteiger partial charge in [-0.15, -0.1) is 0 Å². The van der Waals surface area contributed by atoms with Gasteiger partial charge < -0.3 is 5.21 Å². The molecule has 0 amide bonds. The van der Waals surface area contributed by atoms with Crippen LogP contribution in [0.4, 0.5) is 0 Å². The van der Waals surface area contributed by atoms with E-state index in [-0.39, 0.29) is 21.6 Å². The monoisotopic (exact) mass is 335 g/mol. The first-order valence-corrected chi connectivity index (χ1v) is 8.32. The molecular weight excluding hydrogens is 326 g/mol. The zero-order chi connectivity index (χ0) is 15.7. The number of fused-ring (bicyclic) bond motifs is 1. The molecule has 0 aliphatic carbocycles. The Morgan fingerprint density at radius 1 is 1.14 bits per heavy atom. The van der Waals surface area contributed by atoms with Crippen LogP contribution >= 0.6 is 11.6 Å². The van der Waals surface area contributed by atoms with Crippen molar-refractivity contribution >= 4 is 32.5 Å². The van der Waals surface area contributed by atoms with Gasteiger partial charge >= 0.3 is 5.16 Å². The molecule has 0 saturated heterocycles. The lowest BCUT2D eigenvalue weighted by molar-refractivity contribution is -0.647. The second kappa shape index (κ2) is 5.51. The van der Waals surface area contributed by atoms with Crippen LogP contribution in [0.1, 0.15) is 5.56 Å². The summed E-state index contributed by atoms with van der Waals surface area (Å²) in [5.41, 5.74) is 0.937. The molecule has 0 radical (unpaired) electrons. The van der Waals surface area contributed by atoms with Crippen molar-refractivity contribution in [1.82, 2.24) is 10.1 Å². The Kier molecular flexibility index (Phi) is 3.67. The molecule has 1 aromatic heterocycles. The lowest BCUT2D eigenvalue weighted by atomic mass is 10.2. The smallest absolute Gasteiger partial charge is 0.314 e. The second-order valence-electron chi connectivity index (χ2n) is 4.65. The van der Waals surface area contributed by atoms with Crippen molar-refractivity contribution in [2.45, 2.75) is 10.9 Å². The van der Waals surface area contributed by atoms with Crippen LogP contribution in [0.15, 0.2) is 53.7 Å². The standard InChI is InChI=1S/C14H10ClN3O3S/c15-11-6-7-12-13(8-11)18(19)17-14(16-12)22(20,21)9-10-4-2-1-3-5-10/h1-8H,9H2. The molecule has 3 aromatic rings. The predicted octanol–water partition coefficient (Wildman–Crippen LogP) is 1.89. The molecule has 8 heteroatoms. The molecule has 0 spiro atoms. The number of rotatable bonds is 3. The van der Waals surface area contributed by atoms with E-state index in [0.717, 1.165) is 0 Å². The van der Waals surface area contributed by atoms with E-state index in [0.29, 0.717) is 10.6 Å². The fourth-order valence-corrected chi connectivity index (χ4v) is 3.35. The van der Waals surface area contributed by atoms with Gasteiger partial charge in [-0.05, 0) is 22.5 Å². The Morgan fingerprint density at radius 3 is 2.59 bits per heavy atom. The van der Waals surface area contributed by atoms with Crippen LogP contribution in [0.3, 0.4) is 0 Å². The minimum absolute atomic E-state index is 0.117. The number of halogens is 1. The number of benzene rings is 2. The molecule has 0 aliphatic rings. The third-order valence-electron chi connectivity index (χ3n) is 3.01. The Bertz CT molecular complexity index is 946. The van der Waals surface area contributed by atoms with Gasteiger partial charge in [0.2, 0.25) is 9.84 Å². The van der Waals surface area contributed by atoms with Crippen molar-refractivity contribution in [2.75, 3.05) is 0 Å². The Morgan fingerprint density at radius 2 is 1.86 bits per heavy atom. The minimum Gasteiger partial charge on any atom is -0.594 e. The average molecular weight is 336 g/mol. The third-order valence-corrected chi connectivity index (χ3v) is 4.69. The molecular formula is C14H10ClN3O3S. The Hall–Kier alpha value is -2.25. The summed E-state index contributed by atoms with van der Waals surface area (Å²) in [4.78, 5) is 4.19. The van der Waals surface area contributed by atoms with Crippen molar-refractivity contribution in [3.05, 3.63) is 64.3 Å². The summed E-state index contributed by atoms with van der Waals surface area (Å²) in [6.45, 7) is 0. The van der Waals surface area contributed by atoms with Crippen molar-refractivity contribution in [3.63, 3.8) is 0 Å². The Balaban J connectivity index is 2.07. The number of sulfone groups is 1. The van der Waals surface area contributed by atoms with Crippen LogP contribution in [0.25, 0.3) is 11.0 Å². The van der Waals surface area contributed by atoms with Gasteiger partial charge in [-0.3, -0.25) is 0 Å². The number of hydrogen-bond acceptors (Lipinski definition) is 5. The highest BCUT2D eigenvalue weighted by molar-refractivity contribution is 7.90. The fraction of sp³-hybridized carbons (Fsp3) is 0.0714. The fourth-order valence-electron chi connectivity index (χ4n) is 1.99. The van der Waals surface area contributed by atoms with Crippen LogP contribution in [0.2, 0.25) is 5.02 Å². The van der Waals surface area contributed by atoms with Gasteiger partial charge in [-0.2, -0.15) is 0 Å². The van der Waals surface area contributed by atoms with E-state index in [1.165, 1.54) is 18.2 Å². The topological polar surface area (TPSA) is 86.9 Å². The van der Waals surface area contributed by atoms with E-state index < -0.39 is 15.0 Å². The number of nitrogens with zero attached hydrogens (tertiary/aromatic N) is 3. The summed E-state index contributed by atoms with van der Waals surface area (Å²) in [5, 5.41) is 15.3. The molecule has 0 N–H and O–H groups in total. The molecule has 0 saturated carbocycles. The van der Waals surface area contributed by atoms with E-state index in [9.17, 15) is 13.6 Å². The number of hydrogen-bond donors (Lipinski definition) is 0. The SMILES string of the molecule is O=S(=O)(Cc1ccccc1)c1nc2ccc(Cl)cc2[n+]([O-])n1. The maximum absolute atomic E-state index is 12.4. The van der Waals surface area contributed by atoms with Gasteiger partial charge in [0.25, 0.3) is 5.52 Å². The molecule has 3 rings (SSSR count). The largest absolute Gasteiger partial charge is 0.594 e. The first-order chi connectivity index (χ1) is 10.5. The summed E-state index contributed by atoms with van der Waals surface area (Å²) < 4.78 is 24.7.